The van der Waals surface area contributed by atoms with Gasteiger partial charge in [0.1, 0.15) is 24.4 Å². The second-order valence-electron chi connectivity index (χ2n) is 9.39. The van der Waals surface area contributed by atoms with Gasteiger partial charge in [-0.15, -0.1) is 0 Å². The molecule has 0 aromatic rings. The van der Waals surface area contributed by atoms with Crippen LogP contribution in [0.25, 0.3) is 0 Å². The fraction of sp³-hybridized carbons (Fsp3) is 0.944. The summed E-state index contributed by atoms with van der Waals surface area (Å²) < 4.78 is 23.7. The Morgan fingerprint density at radius 2 is 1.76 bits per heavy atom. The highest BCUT2D eigenvalue weighted by molar-refractivity contribution is 5.87. The molecule has 7 nitrogen and oxygen atoms in total. The number of hydroxylamine groups is 2. The minimum Gasteiger partial charge on any atom is -0.368 e. The van der Waals surface area contributed by atoms with E-state index in [-0.39, 0.29) is 53.4 Å². The predicted molar refractivity (Wildman–Crippen MR) is 87.7 cm³/mol. The van der Waals surface area contributed by atoms with Gasteiger partial charge in [-0.05, 0) is 41.5 Å². The fourth-order valence-corrected chi connectivity index (χ4v) is 4.34. The molecule has 4 aliphatic rings. The van der Waals surface area contributed by atoms with E-state index in [0.717, 1.165) is 0 Å². The largest absolute Gasteiger partial charge is 0.368 e. The van der Waals surface area contributed by atoms with E-state index < -0.39 is 6.29 Å². The molecular weight excluding hydrogens is 326 g/mol. The first-order chi connectivity index (χ1) is 11.5. The van der Waals surface area contributed by atoms with Gasteiger partial charge in [0.05, 0.1) is 36.3 Å². The molecule has 0 saturated carbocycles. The van der Waals surface area contributed by atoms with Gasteiger partial charge in [-0.2, -0.15) is 5.06 Å². The summed E-state index contributed by atoms with van der Waals surface area (Å²) in [4.78, 5) is 19.0. The molecule has 0 aliphatic carbocycles. The summed E-state index contributed by atoms with van der Waals surface area (Å²) in [6, 6.07) is -0.167. The molecule has 0 spiro atoms. The van der Waals surface area contributed by atoms with E-state index in [4.69, 9.17) is 23.8 Å². The Bertz CT molecular complexity index is 553. The molecule has 0 radical (unpaired) electrons. The lowest BCUT2D eigenvalue weighted by Gasteiger charge is -2.37. The van der Waals surface area contributed by atoms with Crippen molar-refractivity contribution >= 4 is 5.78 Å². The molecule has 2 bridgehead atoms. The molecule has 25 heavy (non-hydrogen) atoms. The molecule has 4 aliphatic heterocycles. The maximum Gasteiger partial charge on any atom is 0.218 e. The highest BCUT2D eigenvalue weighted by Crippen LogP contribution is 2.46. The predicted octanol–water partition coefficient (Wildman–Crippen LogP) is 1.29. The Balaban J connectivity index is 1.63. The molecule has 0 aromatic carbocycles. The molecule has 4 fully saturated rings. The lowest BCUT2D eigenvalue weighted by atomic mass is 9.83. The van der Waals surface area contributed by atoms with Crippen molar-refractivity contribution in [3.63, 3.8) is 0 Å². The first-order valence-electron chi connectivity index (χ1n) is 9.13. The van der Waals surface area contributed by atoms with Gasteiger partial charge in [-0.3, -0.25) is 9.63 Å². The van der Waals surface area contributed by atoms with Crippen molar-refractivity contribution in [3.8, 4) is 0 Å². The zero-order valence-electron chi connectivity index (χ0n) is 15.9. The highest BCUT2D eigenvalue weighted by Gasteiger charge is 2.65. The third-order valence-electron chi connectivity index (χ3n) is 5.01. The SMILES string of the molecule is CC(C)(C)O[C@H]1[C@@H]2[C@H]3C(=O)[C@@H]4OC[C@@H](O4)[C@H]3ON2C[C@@H]1OC(C)(C)C. The molecule has 0 unspecified atom stereocenters. The molecule has 7 atom stereocenters. The minimum absolute atomic E-state index is 0.0369. The molecule has 7 heteroatoms. The maximum absolute atomic E-state index is 12.9. The smallest absolute Gasteiger partial charge is 0.218 e. The Kier molecular flexibility index (Phi) is 4.07. The zero-order chi connectivity index (χ0) is 18.1. The number of carbonyl (C=O) groups is 1. The van der Waals surface area contributed by atoms with E-state index in [2.05, 4.69) is 0 Å². The van der Waals surface area contributed by atoms with Crippen molar-refractivity contribution in [2.24, 2.45) is 5.92 Å². The minimum atomic E-state index is -0.757. The van der Waals surface area contributed by atoms with Gasteiger partial charge in [0, 0.05) is 0 Å². The summed E-state index contributed by atoms with van der Waals surface area (Å²) in [7, 11) is 0. The molecule has 0 amide bonds. The van der Waals surface area contributed by atoms with Crippen molar-refractivity contribution in [1.29, 1.82) is 0 Å². The van der Waals surface area contributed by atoms with Gasteiger partial charge in [0.15, 0.2) is 5.78 Å². The normalized spacial score (nSPS) is 44.2. The summed E-state index contributed by atoms with van der Waals surface area (Å²) in [6.45, 7) is 13.2. The third kappa shape index (κ3) is 3.15. The summed E-state index contributed by atoms with van der Waals surface area (Å²) in [6.07, 6.45) is -1.63. The van der Waals surface area contributed by atoms with Crippen LogP contribution < -0.4 is 0 Å². The van der Waals surface area contributed by atoms with Crippen LogP contribution in [0.1, 0.15) is 41.5 Å². The van der Waals surface area contributed by atoms with Crippen molar-refractivity contribution < 1.29 is 28.6 Å². The van der Waals surface area contributed by atoms with Gasteiger partial charge in [-0.1, -0.05) is 0 Å². The molecule has 0 aromatic heterocycles. The quantitative estimate of drug-likeness (QED) is 0.739. The number of ketones is 1. The monoisotopic (exact) mass is 355 g/mol. The van der Waals surface area contributed by atoms with E-state index in [1.165, 1.54) is 0 Å². The van der Waals surface area contributed by atoms with E-state index >= 15 is 0 Å². The number of hydrogen-bond donors (Lipinski definition) is 0. The van der Waals surface area contributed by atoms with Crippen molar-refractivity contribution in [2.75, 3.05) is 13.2 Å². The van der Waals surface area contributed by atoms with Crippen molar-refractivity contribution in [2.45, 2.75) is 89.5 Å². The van der Waals surface area contributed by atoms with Gasteiger partial charge >= 0.3 is 0 Å². The maximum atomic E-state index is 12.9. The van der Waals surface area contributed by atoms with Gasteiger partial charge < -0.3 is 18.9 Å². The second-order valence-corrected chi connectivity index (χ2v) is 9.39. The van der Waals surface area contributed by atoms with Crippen LogP contribution >= 0.6 is 0 Å². The average Bonchev–Trinajstić information content (AvgIpc) is 3.08. The van der Waals surface area contributed by atoms with Gasteiger partial charge in [-0.25, -0.2) is 0 Å². The topological polar surface area (TPSA) is 66.5 Å². The number of Topliss-reactive ketones (excluding diaryl/α,β-unsaturated/α-hetero) is 1. The first kappa shape index (κ1) is 17.8. The Morgan fingerprint density at radius 1 is 1.08 bits per heavy atom. The fourth-order valence-electron chi connectivity index (χ4n) is 4.34. The van der Waals surface area contributed by atoms with Crippen molar-refractivity contribution in [1.82, 2.24) is 5.06 Å². The van der Waals surface area contributed by atoms with Crippen LogP contribution in [0.4, 0.5) is 0 Å². The van der Waals surface area contributed by atoms with Crippen LogP contribution in [-0.4, -0.2) is 71.9 Å². The van der Waals surface area contributed by atoms with Crippen molar-refractivity contribution in [3.05, 3.63) is 0 Å². The zero-order valence-corrected chi connectivity index (χ0v) is 15.9. The second kappa shape index (κ2) is 5.71. The summed E-state index contributed by atoms with van der Waals surface area (Å²) >= 11 is 0. The number of ether oxygens (including phenoxy) is 4. The van der Waals surface area contributed by atoms with Crippen LogP contribution in [0.3, 0.4) is 0 Å². The average molecular weight is 355 g/mol. The summed E-state index contributed by atoms with van der Waals surface area (Å²) in [5.74, 6) is -0.336. The Labute approximate surface area is 148 Å². The van der Waals surface area contributed by atoms with Crippen LogP contribution in [0.15, 0.2) is 0 Å². The van der Waals surface area contributed by atoms with E-state index in [0.29, 0.717) is 13.2 Å². The summed E-state index contributed by atoms with van der Waals surface area (Å²) in [5.41, 5.74) is -0.646. The van der Waals surface area contributed by atoms with E-state index in [9.17, 15) is 4.79 Å². The summed E-state index contributed by atoms with van der Waals surface area (Å²) in [5, 5.41) is 1.89. The number of fused-ring (bicyclic) bond motifs is 6. The Morgan fingerprint density at radius 3 is 2.40 bits per heavy atom. The van der Waals surface area contributed by atoms with Gasteiger partial charge in [0.25, 0.3) is 0 Å². The lowest BCUT2D eigenvalue weighted by molar-refractivity contribution is -0.202. The Hall–Kier alpha value is -0.570. The molecule has 4 rings (SSSR count). The standard InChI is InChI=1S/C18H29NO6/c1-17(2,3)23-9-7-19-12(15(9)24-18(4,5)6)11-13(20)16-21-8-10(22-16)14(11)25-19/h9-12,14-16H,7-8H2,1-6H3/t9-,10+,11-,12-,14+,15+,16+/m0/s1. The van der Waals surface area contributed by atoms with Crippen LogP contribution in [0.5, 0.6) is 0 Å². The molecule has 4 saturated heterocycles. The third-order valence-corrected chi connectivity index (χ3v) is 5.01. The number of nitrogens with zero attached hydrogens (tertiary/aromatic N) is 1. The van der Waals surface area contributed by atoms with Gasteiger partial charge in [0.2, 0.25) is 6.29 Å². The molecule has 142 valence electrons. The van der Waals surface area contributed by atoms with Crippen LogP contribution in [0, 0.1) is 5.92 Å². The lowest BCUT2D eigenvalue weighted by Crippen LogP contribution is -2.53. The molecular formula is C18H29NO6. The van der Waals surface area contributed by atoms with Crippen LogP contribution in [0.2, 0.25) is 0 Å². The highest BCUT2D eigenvalue weighted by atomic mass is 16.8. The molecule has 0 N–H and O–H groups in total. The first-order valence-corrected chi connectivity index (χ1v) is 9.13. The number of carbonyl (C=O) groups excluding carboxylic acids is 1. The number of rotatable bonds is 2. The van der Waals surface area contributed by atoms with E-state index in [1.54, 1.807) is 0 Å². The number of hydrogen-bond acceptors (Lipinski definition) is 7. The molecule has 4 heterocycles. The van der Waals surface area contributed by atoms with E-state index in [1.807, 2.05) is 46.6 Å². The van der Waals surface area contributed by atoms with Crippen LogP contribution in [-0.2, 0) is 28.6 Å².